The Morgan fingerprint density at radius 3 is 2.46 bits per heavy atom. The Morgan fingerprint density at radius 1 is 1.12 bits per heavy atom. The van der Waals surface area contributed by atoms with Crippen molar-refractivity contribution in [3.05, 3.63) is 35.4 Å². The number of benzene rings is 1. The van der Waals surface area contributed by atoms with Crippen molar-refractivity contribution in [3.8, 4) is 0 Å². The zero-order chi connectivity index (χ0) is 17.6. The first-order valence-electron chi connectivity index (χ1n) is 9.79. The molecule has 1 unspecified atom stereocenters. The molecule has 134 valence electrons. The van der Waals surface area contributed by atoms with Crippen LogP contribution in [0.1, 0.15) is 88.6 Å². The molecule has 1 fully saturated rings. The predicted molar refractivity (Wildman–Crippen MR) is 103 cm³/mol. The molecular formula is C22H35NO. The third-order valence-electron chi connectivity index (χ3n) is 5.39. The van der Waals surface area contributed by atoms with Crippen LogP contribution in [0.5, 0.6) is 0 Å². The van der Waals surface area contributed by atoms with Gasteiger partial charge in [0.25, 0.3) is 0 Å². The van der Waals surface area contributed by atoms with Gasteiger partial charge in [0.15, 0.2) is 5.78 Å². The molecule has 0 amide bonds. The normalized spacial score (nSPS) is 19.4. The molecule has 1 aromatic carbocycles. The molecule has 2 heteroatoms. The maximum atomic E-state index is 12.4. The zero-order valence-corrected chi connectivity index (χ0v) is 16.1. The Labute approximate surface area is 148 Å². The zero-order valence-electron chi connectivity index (χ0n) is 16.1. The van der Waals surface area contributed by atoms with Crippen LogP contribution in [-0.2, 0) is 5.41 Å². The van der Waals surface area contributed by atoms with Crippen LogP contribution in [-0.4, -0.2) is 29.8 Å². The highest BCUT2D eigenvalue weighted by molar-refractivity contribution is 5.96. The number of unbranched alkanes of at least 4 members (excludes halogenated alkanes) is 1. The van der Waals surface area contributed by atoms with Crippen molar-refractivity contribution in [1.82, 2.24) is 4.90 Å². The van der Waals surface area contributed by atoms with Crippen molar-refractivity contribution >= 4 is 5.78 Å². The van der Waals surface area contributed by atoms with E-state index in [1.807, 2.05) is 12.1 Å². The van der Waals surface area contributed by atoms with E-state index in [9.17, 15) is 4.79 Å². The van der Waals surface area contributed by atoms with Gasteiger partial charge in [0.1, 0.15) is 0 Å². The molecule has 0 radical (unpaired) electrons. The van der Waals surface area contributed by atoms with Crippen molar-refractivity contribution in [2.75, 3.05) is 13.1 Å². The summed E-state index contributed by atoms with van der Waals surface area (Å²) in [6.07, 6.45) is 8.18. The van der Waals surface area contributed by atoms with Gasteiger partial charge in [-0.15, -0.1) is 0 Å². The van der Waals surface area contributed by atoms with Gasteiger partial charge in [-0.05, 0) is 56.2 Å². The summed E-state index contributed by atoms with van der Waals surface area (Å²) < 4.78 is 0. The second-order valence-electron chi connectivity index (χ2n) is 8.30. The highest BCUT2D eigenvalue weighted by atomic mass is 16.1. The van der Waals surface area contributed by atoms with E-state index in [0.29, 0.717) is 12.2 Å². The summed E-state index contributed by atoms with van der Waals surface area (Å²) in [6, 6.07) is 8.99. The van der Waals surface area contributed by atoms with Crippen molar-refractivity contribution in [3.63, 3.8) is 0 Å². The van der Waals surface area contributed by atoms with E-state index in [4.69, 9.17) is 0 Å². The SMILES string of the molecule is CCC1CCCCN1CCCCC(=O)c1ccc(C(C)(C)C)cc1. The van der Waals surface area contributed by atoms with E-state index >= 15 is 0 Å². The maximum Gasteiger partial charge on any atom is 0.162 e. The third kappa shape index (κ3) is 5.44. The van der Waals surface area contributed by atoms with Gasteiger partial charge in [0.05, 0.1) is 0 Å². The Balaban J connectivity index is 1.75. The van der Waals surface area contributed by atoms with Crippen molar-refractivity contribution in [1.29, 1.82) is 0 Å². The van der Waals surface area contributed by atoms with Crippen LogP contribution in [0.4, 0.5) is 0 Å². The van der Waals surface area contributed by atoms with Crippen LogP contribution < -0.4 is 0 Å². The first-order valence-corrected chi connectivity index (χ1v) is 9.79. The minimum absolute atomic E-state index is 0.145. The molecule has 0 bridgehead atoms. The fourth-order valence-corrected chi connectivity index (χ4v) is 3.72. The van der Waals surface area contributed by atoms with E-state index in [1.54, 1.807) is 0 Å². The number of likely N-dealkylation sites (tertiary alicyclic amines) is 1. The van der Waals surface area contributed by atoms with Crippen LogP contribution >= 0.6 is 0 Å². The van der Waals surface area contributed by atoms with Crippen LogP contribution in [0.3, 0.4) is 0 Å². The third-order valence-corrected chi connectivity index (χ3v) is 5.39. The summed E-state index contributed by atoms with van der Waals surface area (Å²) in [4.78, 5) is 15.0. The molecule has 2 nitrogen and oxygen atoms in total. The van der Waals surface area contributed by atoms with Crippen LogP contribution in [0, 0.1) is 0 Å². The number of piperidine rings is 1. The van der Waals surface area contributed by atoms with Gasteiger partial charge in [-0.3, -0.25) is 4.79 Å². The molecule has 0 aliphatic carbocycles. The van der Waals surface area contributed by atoms with Gasteiger partial charge in [0.2, 0.25) is 0 Å². The fourth-order valence-electron chi connectivity index (χ4n) is 3.72. The fraction of sp³-hybridized carbons (Fsp3) is 0.682. The number of rotatable bonds is 7. The Kier molecular flexibility index (Phi) is 7.03. The van der Waals surface area contributed by atoms with Gasteiger partial charge < -0.3 is 4.90 Å². The second kappa shape index (κ2) is 8.80. The molecular weight excluding hydrogens is 294 g/mol. The molecule has 1 saturated heterocycles. The van der Waals surface area contributed by atoms with Crippen molar-refractivity contribution in [2.24, 2.45) is 0 Å². The summed E-state index contributed by atoms with van der Waals surface area (Å²) in [7, 11) is 0. The van der Waals surface area contributed by atoms with E-state index in [0.717, 1.165) is 31.0 Å². The molecule has 2 rings (SSSR count). The van der Waals surface area contributed by atoms with Crippen LogP contribution in [0.2, 0.25) is 0 Å². The molecule has 0 saturated carbocycles. The number of carbonyl (C=O) groups excluding carboxylic acids is 1. The van der Waals surface area contributed by atoms with Crippen LogP contribution in [0.15, 0.2) is 24.3 Å². The molecule has 1 heterocycles. The quantitative estimate of drug-likeness (QED) is 0.479. The lowest BCUT2D eigenvalue weighted by molar-refractivity contribution is 0.0973. The Hall–Kier alpha value is -1.15. The minimum Gasteiger partial charge on any atom is -0.300 e. The summed E-state index contributed by atoms with van der Waals surface area (Å²) in [5, 5.41) is 0. The van der Waals surface area contributed by atoms with E-state index in [-0.39, 0.29) is 5.41 Å². The summed E-state index contributed by atoms with van der Waals surface area (Å²) in [5.74, 6) is 0.293. The topological polar surface area (TPSA) is 20.3 Å². The highest BCUT2D eigenvalue weighted by Gasteiger charge is 2.20. The summed E-state index contributed by atoms with van der Waals surface area (Å²) >= 11 is 0. The van der Waals surface area contributed by atoms with Crippen molar-refractivity contribution < 1.29 is 4.79 Å². The summed E-state index contributed by atoms with van der Waals surface area (Å²) in [6.45, 7) is 11.3. The Bertz CT molecular complexity index is 512. The average molecular weight is 330 g/mol. The molecule has 1 aliphatic rings. The molecule has 1 atom stereocenters. The number of hydrogen-bond acceptors (Lipinski definition) is 2. The first-order chi connectivity index (χ1) is 11.4. The number of nitrogens with zero attached hydrogens (tertiary/aromatic N) is 1. The van der Waals surface area contributed by atoms with E-state index in [1.165, 1.54) is 37.8 Å². The standard InChI is InChI=1S/C22H35NO/c1-5-20-10-6-8-16-23(20)17-9-7-11-21(24)18-12-14-19(15-13-18)22(2,3)4/h12-15,20H,5-11,16-17H2,1-4H3. The number of ketones is 1. The maximum absolute atomic E-state index is 12.4. The molecule has 24 heavy (non-hydrogen) atoms. The lowest BCUT2D eigenvalue weighted by Gasteiger charge is -2.35. The molecule has 1 aromatic rings. The molecule has 0 spiro atoms. The van der Waals surface area contributed by atoms with Gasteiger partial charge in [-0.2, -0.15) is 0 Å². The van der Waals surface area contributed by atoms with E-state index in [2.05, 4.69) is 44.7 Å². The van der Waals surface area contributed by atoms with Gasteiger partial charge in [0, 0.05) is 18.0 Å². The second-order valence-corrected chi connectivity index (χ2v) is 8.30. The first kappa shape index (κ1) is 19.2. The highest BCUT2D eigenvalue weighted by Crippen LogP contribution is 2.23. The average Bonchev–Trinajstić information content (AvgIpc) is 2.58. The van der Waals surface area contributed by atoms with Crippen LogP contribution in [0.25, 0.3) is 0 Å². The summed E-state index contributed by atoms with van der Waals surface area (Å²) in [5.41, 5.74) is 2.30. The van der Waals surface area contributed by atoms with E-state index < -0.39 is 0 Å². The lowest BCUT2D eigenvalue weighted by Crippen LogP contribution is -2.39. The molecule has 0 aromatic heterocycles. The van der Waals surface area contributed by atoms with Gasteiger partial charge in [-0.25, -0.2) is 0 Å². The predicted octanol–water partition coefficient (Wildman–Crippen LogP) is 5.60. The lowest BCUT2D eigenvalue weighted by atomic mass is 9.86. The number of Topliss-reactive ketones (excluding diaryl/α,β-unsaturated/α-hetero) is 1. The monoisotopic (exact) mass is 329 g/mol. The molecule has 1 aliphatic heterocycles. The number of hydrogen-bond donors (Lipinski definition) is 0. The largest absolute Gasteiger partial charge is 0.300 e. The van der Waals surface area contributed by atoms with Gasteiger partial charge in [-0.1, -0.05) is 58.4 Å². The van der Waals surface area contributed by atoms with Crippen molar-refractivity contribution in [2.45, 2.75) is 84.1 Å². The smallest absolute Gasteiger partial charge is 0.162 e. The number of carbonyl (C=O) groups is 1. The minimum atomic E-state index is 0.145. The molecule has 0 N–H and O–H groups in total. The Morgan fingerprint density at radius 2 is 1.83 bits per heavy atom. The van der Waals surface area contributed by atoms with Gasteiger partial charge >= 0.3 is 0 Å².